The fraction of sp³-hybridized carbons (Fsp3) is 0.481. The molecule has 3 rings (SSSR count). The zero-order valence-corrected chi connectivity index (χ0v) is 21.9. The maximum absolute atomic E-state index is 11.9. The Morgan fingerprint density at radius 2 is 1.79 bits per heavy atom. The zero-order valence-electron chi connectivity index (χ0n) is 20.9. The Morgan fingerprint density at radius 1 is 1.15 bits per heavy atom. The van der Waals surface area contributed by atoms with Crippen LogP contribution in [-0.4, -0.2) is 35.7 Å². The van der Waals surface area contributed by atoms with Crippen molar-refractivity contribution in [3.8, 4) is 0 Å². The molecule has 0 saturated carbocycles. The number of hydrogen-bond donors (Lipinski definition) is 2. The predicted molar refractivity (Wildman–Crippen MR) is 138 cm³/mol. The van der Waals surface area contributed by atoms with Crippen molar-refractivity contribution in [1.29, 1.82) is 0 Å². The molecule has 0 fully saturated rings. The SMILES string of the molecule is CC[Si](CC)(CC)c1[nH]c2ncc(C(C)(C)C(=O)O)cc2c1[C@H](C)COCc1ccccc1. The minimum atomic E-state index is -1.74. The number of aromatic amines is 1. The number of nitrogens with zero attached hydrogens (tertiary/aromatic N) is 1. The van der Waals surface area contributed by atoms with Gasteiger partial charge in [0.2, 0.25) is 0 Å². The number of rotatable bonds is 11. The number of H-pyrrole nitrogens is 1. The molecule has 0 saturated heterocycles. The second-order valence-corrected chi connectivity index (χ2v) is 14.9. The van der Waals surface area contributed by atoms with Gasteiger partial charge >= 0.3 is 5.97 Å². The standard InChI is InChI=1S/C27H38N2O3Si/c1-7-33(8-2,9-3)25-23(19(4)17-32-18-20-13-11-10-12-14-20)22-15-21(16-28-24(22)29-25)27(5,6)26(30)31/h10-16,19H,7-9,17-18H2,1-6H3,(H,28,29)(H,30,31)/t19-/m1/s1. The molecule has 178 valence electrons. The third kappa shape index (κ3) is 4.92. The van der Waals surface area contributed by atoms with Crippen LogP contribution in [0.5, 0.6) is 0 Å². The van der Waals surface area contributed by atoms with Crippen LogP contribution in [0, 0.1) is 0 Å². The molecule has 33 heavy (non-hydrogen) atoms. The van der Waals surface area contributed by atoms with Crippen LogP contribution in [0.2, 0.25) is 18.1 Å². The summed E-state index contributed by atoms with van der Waals surface area (Å²) in [5.74, 6) is -0.682. The van der Waals surface area contributed by atoms with Crippen LogP contribution in [0.3, 0.4) is 0 Å². The number of aliphatic carboxylic acids is 1. The van der Waals surface area contributed by atoms with Gasteiger partial charge < -0.3 is 14.8 Å². The van der Waals surface area contributed by atoms with E-state index in [1.807, 2.05) is 24.3 Å². The first-order chi connectivity index (χ1) is 15.7. The molecule has 0 bridgehead atoms. The normalized spacial score (nSPS) is 13.4. The molecule has 3 aromatic rings. The minimum absolute atomic E-state index is 0.166. The molecule has 2 N–H and O–H groups in total. The van der Waals surface area contributed by atoms with Gasteiger partial charge in [0.15, 0.2) is 0 Å². The van der Waals surface area contributed by atoms with Crippen molar-refractivity contribution in [2.45, 2.75) is 77.6 Å². The Balaban J connectivity index is 2.07. The number of benzene rings is 1. The highest BCUT2D eigenvalue weighted by atomic mass is 28.3. The van der Waals surface area contributed by atoms with Gasteiger partial charge in [0, 0.05) is 22.8 Å². The molecule has 6 heteroatoms. The van der Waals surface area contributed by atoms with Gasteiger partial charge in [-0.15, -0.1) is 0 Å². The van der Waals surface area contributed by atoms with Crippen molar-refractivity contribution in [3.05, 3.63) is 59.3 Å². The molecule has 0 aliphatic heterocycles. The lowest BCUT2D eigenvalue weighted by Gasteiger charge is -2.30. The molecule has 2 aromatic heterocycles. The van der Waals surface area contributed by atoms with E-state index in [9.17, 15) is 9.90 Å². The first kappa shape index (κ1) is 25.2. The van der Waals surface area contributed by atoms with E-state index in [4.69, 9.17) is 9.72 Å². The van der Waals surface area contributed by atoms with Crippen molar-refractivity contribution in [2.75, 3.05) is 6.61 Å². The summed E-state index contributed by atoms with van der Waals surface area (Å²) < 4.78 is 6.15. The predicted octanol–water partition coefficient (Wildman–Crippen LogP) is 5.96. The van der Waals surface area contributed by atoms with Crippen molar-refractivity contribution in [3.63, 3.8) is 0 Å². The van der Waals surface area contributed by atoms with Crippen LogP contribution in [-0.2, 0) is 21.6 Å². The largest absolute Gasteiger partial charge is 0.481 e. The van der Waals surface area contributed by atoms with Gasteiger partial charge in [-0.05, 0) is 36.6 Å². The van der Waals surface area contributed by atoms with Crippen LogP contribution in [0.1, 0.15) is 64.2 Å². The maximum atomic E-state index is 11.9. The number of ether oxygens (including phenoxy) is 1. The van der Waals surface area contributed by atoms with E-state index >= 15 is 0 Å². The highest BCUT2D eigenvalue weighted by molar-refractivity contribution is 6.91. The molecule has 1 atom stereocenters. The van der Waals surface area contributed by atoms with Gasteiger partial charge in [-0.25, -0.2) is 4.98 Å². The second-order valence-electron chi connectivity index (χ2n) is 9.71. The van der Waals surface area contributed by atoms with Crippen molar-refractivity contribution >= 4 is 30.4 Å². The van der Waals surface area contributed by atoms with Gasteiger partial charge in [-0.3, -0.25) is 4.79 Å². The van der Waals surface area contributed by atoms with Crippen LogP contribution >= 0.6 is 0 Å². The topological polar surface area (TPSA) is 75.2 Å². The van der Waals surface area contributed by atoms with Gasteiger partial charge in [0.1, 0.15) is 13.7 Å². The van der Waals surface area contributed by atoms with E-state index in [-0.39, 0.29) is 5.92 Å². The minimum Gasteiger partial charge on any atom is -0.481 e. The Morgan fingerprint density at radius 3 is 2.36 bits per heavy atom. The van der Waals surface area contributed by atoms with Crippen molar-refractivity contribution in [1.82, 2.24) is 9.97 Å². The van der Waals surface area contributed by atoms with E-state index in [0.717, 1.165) is 40.3 Å². The smallest absolute Gasteiger partial charge is 0.313 e. The lowest BCUT2D eigenvalue weighted by Crippen LogP contribution is -2.48. The Hall–Kier alpha value is -2.44. The van der Waals surface area contributed by atoms with Crippen molar-refractivity contribution in [2.24, 2.45) is 0 Å². The lowest BCUT2D eigenvalue weighted by molar-refractivity contribution is -0.142. The number of fused-ring (bicyclic) bond motifs is 1. The third-order valence-electron chi connectivity index (χ3n) is 7.48. The quantitative estimate of drug-likeness (QED) is 0.342. The molecule has 0 amide bonds. The fourth-order valence-electron chi connectivity index (χ4n) is 4.78. The van der Waals surface area contributed by atoms with E-state index < -0.39 is 19.5 Å². The van der Waals surface area contributed by atoms with Crippen LogP contribution in [0.4, 0.5) is 0 Å². The summed E-state index contributed by atoms with van der Waals surface area (Å²) in [5.41, 5.74) is 3.01. The van der Waals surface area contributed by atoms with Gasteiger partial charge in [-0.1, -0.05) is 76.2 Å². The first-order valence-electron chi connectivity index (χ1n) is 12.1. The van der Waals surface area contributed by atoms with Crippen LogP contribution in [0.25, 0.3) is 11.0 Å². The number of carboxylic acids is 1. The summed E-state index contributed by atoms with van der Waals surface area (Å²) in [6.07, 6.45) is 1.71. The Labute approximate surface area is 198 Å². The Bertz CT molecular complexity index is 1080. The summed E-state index contributed by atoms with van der Waals surface area (Å²) in [7, 11) is -1.74. The fourth-order valence-corrected chi connectivity index (χ4v) is 8.67. The Kier molecular flexibility index (Phi) is 7.80. The molecule has 0 aliphatic rings. The van der Waals surface area contributed by atoms with Crippen LogP contribution in [0.15, 0.2) is 42.6 Å². The number of aromatic nitrogens is 2. The van der Waals surface area contributed by atoms with E-state index in [1.54, 1.807) is 20.0 Å². The molecule has 2 heterocycles. The summed E-state index contributed by atoms with van der Waals surface area (Å²) in [6.45, 7) is 13.8. The zero-order chi connectivity index (χ0) is 24.2. The summed E-state index contributed by atoms with van der Waals surface area (Å²) in [6, 6.07) is 15.7. The van der Waals surface area contributed by atoms with E-state index in [1.165, 1.54) is 10.9 Å². The number of carboxylic acid groups (broad SMARTS) is 1. The summed E-state index contributed by atoms with van der Waals surface area (Å²) in [5, 5.41) is 12.2. The van der Waals surface area contributed by atoms with Gasteiger partial charge in [0.05, 0.1) is 18.6 Å². The second kappa shape index (κ2) is 10.2. The summed E-state index contributed by atoms with van der Waals surface area (Å²) in [4.78, 5) is 20.3. The number of pyridine rings is 1. The number of nitrogens with one attached hydrogen (secondary N) is 1. The first-order valence-corrected chi connectivity index (χ1v) is 14.7. The molecular weight excluding hydrogens is 428 g/mol. The van der Waals surface area contributed by atoms with Crippen LogP contribution < -0.4 is 5.32 Å². The average molecular weight is 467 g/mol. The molecule has 0 unspecified atom stereocenters. The third-order valence-corrected chi connectivity index (χ3v) is 13.0. The molecule has 0 radical (unpaired) electrons. The van der Waals surface area contributed by atoms with E-state index in [2.05, 4.69) is 44.8 Å². The molecular formula is C27H38N2O3Si. The van der Waals surface area contributed by atoms with Crippen molar-refractivity contribution < 1.29 is 14.6 Å². The lowest BCUT2D eigenvalue weighted by atomic mass is 9.85. The maximum Gasteiger partial charge on any atom is 0.313 e. The highest BCUT2D eigenvalue weighted by Gasteiger charge is 2.37. The molecule has 0 spiro atoms. The highest BCUT2D eigenvalue weighted by Crippen LogP contribution is 2.33. The van der Waals surface area contributed by atoms with E-state index in [0.29, 0.717) is 13.2 Å². The molecule has 1 aromatic carbocycles. The van der Waals surface area contributed by atoms with Gasteiger partial charge in [0.25, 0.3) is 0 Å². The summed E-state index contributed by atoms with van der Waals surface area (Å²) >= 11 is 0. The average Bonchev–Trinajstić information content (AvgIpc) is 3.20. The molecule has 0 aliphatic carbocycles. The number of hydrogen-bond acceptors (Lipinski definition) is 3. The molecule has 5 nitrogen and oxygen atoms in total. The number of carbonyl (C=O) groups is 1. The monoisotopic (exact) mass is 466 g/mol. The van der Waals surface area contributed by atoms with Gasteiger partial charge in [-0.2, -0.15) is 0 Å².